The number of carbonyl (C=O) groups excluding carboxylic acids is 1. The van der Waals surface area contributed by atoms with E-state index in [2.05, 4.69) is 17.0 Å². The van der Waals surface area contributed by atoms with Crippen molar-refractivity contribution in [2.24, 2.45) is 0 Å². The van der Waals surface area contributed by atoms with Gasteiger partial charge in [-0.05, 0) is 30.3 Å². The van der Waals surface area contributed by atoms with Crippen molar-refractivity contribution in [2.75, 3.05) is 36.8 Å². The summed E-state index contributed by atoms with van der Waals surface area (Å²) in [5.74, 6) is -0.0299. The summed E-state index contributed by atoms with van der Waals surface area (Å²) in [6.45, 7) is 3.02. The Morgan fingerprint density at radius 2 is 1.68 bits per heavy atom. The fraction of sp³-hybridized carbons (Fsp3) is 0.235. The molecule has 0 aliphatic carbocycles. The second-order valence-electron chi connectivity index (χ2n) is 5.35. The normalized spacial score (nSPS) is 15.0. The molecule has 1 amide bonds. The molecule has 1 heterocycles. The Morgan fingerprint density at radius 3 is 2.32 bits per heavy atom. The van der Waals surface area contributed by atoms with Crippen molar-refractivity contribution in [3.8, 4) is 0 Å². The van der Waals surface area contributed by atoms with Gasteiger partial charge in [-0.1, -0.05) is 29.8 Å². The van der Waals surface area contributed by atoms with Crippen molar-refractivity contribution in [1.29, 1.82) is 0 Å². The molecule has 2 aromatic carbocycles. The van der Waals surface area contributed by atoms with Gasteiger partial charge in [0.25, 0.3) is 5.91 Å². The first-order valence-corrected chi connectivity index (χ1v) is 7.67. The number of hydrogen-bond acceptors (Lipinski definition) is 3. The molecule has 1 aliphatic rings. The van der Waals surface area contributed by atoms with E-state index in [1.165, 1.54) is 5.69 Å². The fourth-order valence-electron chi connectivity index (χ4n) is 2.68. The molecule has 2 N–H and O–H groups in total. The van der Waals surface area contributed by atoms with Crippen LogP contribution in [0.4, 0.5) is 11.4 Å². The molecular weight excluding hydrogens is 298 g/mol. The topological polar surface area (TPSA) is 49.6 Å². The van der Waals surface area contributed by atoms with Crippen LogP contribution in [0.2, 0.25) is 5.02 Å². The standard InChI is InChI=1S/C17H18ClN3O/c18-16-12-13(19)6-7-15(16)17(22)21-10-8-20(9-11-21)14-4-2-1-3-5-14/h1-7,12H,8-11,19H2. The summed E-state index contributed by atoms with van der Waals surface area (Å²) in [5.41, 5.74) is 7.95. The first kappa shape index (κ1) is 14.7. The van der Waals surface area contributed by atoms with E-state index in [1.807, 2.05) is 23.1 Å². The Bertz CT molecular complexity index is 667. The van der Waals surface area contributed by atoms with Crippen LogP contribution in [0.25, 0.3) is 0 Å². The van der Waals surface area contributed by atoms with Crippen LogP contribution < -0.4 is 10.6 Å². The minimum atomic E-state index is -0.0299. The van der Waals surface area contributed by atoms with Gasteiger partial charge < -0.3 is 15.5 Å². The second kappa shape index (κ2) is 6.28. The zero-order valence-electron chi connectivity index (χ0n) is 12.2. The van der Waals surface area contributed by atoms with Crippen LogP contribution in [0.3, 0.4) is 0 Å². The van der Waals surface area contributed by atoms with Gasteiger partial charge in [0.05, 0.1) is 10.6 Å². The Kier molecular flexibility index (Phi) is 4.20. The highest BCUT2D eigenvalue weighted by Gasteiger charge is 2.23. The molecule has 0 bridgehead atoms. The lowest BCUT2D eigenvalue weighted by atomic mass is 10.1. The van der Waals surface area contributed by atoms with Gasteiger partial charge in [-0.3, -0.25) is 4.79 Å². The highest BCUT2D eigenvalue weighted by molar-refractivity contribution is 6.34. The van der Waals surface area contributed by atoms with E-state index in [4.69, 9.17) is 17.3 Å². The summed E-state index contributed by atoms with van der Waals surface area (Å²) >= 11 is 6.13. The first-order chi connectivity index (χ1) is 10.6. The molecule has 0 saturated carbocycles. The van der Waals surface area contributed by atoms with E-state index < -0.39 is 0 Å². The molecule has 1 saturated heterocycles. The zero-order chi connectivity index (χ0) is 15.5. The van der Waals surface area contributed by atoms with Crippen LogP contribution in [0, 0.1) is 0 Å². The van der Waals surface area contributed by atoms with E-state index in [0.717, 1.165) is 13.1 Å². The lowest BCUT2D eigenvalue weighted by molar-refractivity contribution is 0.0747. The summed E-state index contributed by atoms with van der Waals surface area (Å²) in [4.78, 5) is 16.7. The van der Waals surface area contributed by atoms with Gasteiger partial charge in [0.15, 0.2) is 0 Å². The predicted octanol–water partition coefficient (Wildman–Crippen LogP) is 2.88. The van der Waals surface area contributed by atoms with Crippen molar-refractivity contribution in [2.45, 2.75) is 0 Å². The van der Waals surface area contributed by atoms with E-state index in [-0.39, 0.29) is 5.91 Å². The number of nitrogens with two attached hydrogens (primary N) is 1. The number of nitrogens with zero attached hydrogens (tertiary/aromatic N) is 2. The Morgan fingerprint density at radius 1 is 1.00 bits per heavy atom. The molecule has 114 valence electrons. The monoisotopic (exact) mass is 315 g/mol. The molecule has 0 atom stereocenters. The van der Waals surface area contributed by atoms with Gasteiger partial charge in [0.2, 0.25) is 0 Å². The maximum Gasteiger partial charge on any atom is 0.255 e. The quantitative estimate of drug-likeness (QED) is 0.867. The lowest BCUT2D eigenvalue weighted by Crippen LogP contribution is -2.48. The van der Waals surface area contributed by atoms with Gasteiger partial charge in [-0.25, -0.2) is 0 Å². The molecule has 0 spiro atoms. The van der Waals surface area contributed by atoms with Crippen LogP contribution in [-0.4, -0.2) is 37.0 Å². The van der Waals surface area contributed by atoms with Crippen LogP contribution in [-0.2, 0) is 0 Å². The van der Waals surface area contributed by atoms with E-state index >= 15 is 0 Å². The third kappa shape index (κ3) is 3.02. The number of hydrogen-bond donors (Lipinski definition) is 1. The largest absolute Gasteiger partial charge is 0.399 e. The van der Waals surface area contributed by atoms with E-state index in [1.54, 1.807) is 18.2 Å². The molecule has 0 unspecified atom stereocenters. The van der Waals surface area contributed by atoms with Gasteiger partial charge in [-0.2, -0.15) is 0 Å². The van der Waals surface area contributed by atoms with Crippen LogP contribution in [0.15, 0.2) is 48.5 Å². The minimum absolute atomic E-state index is 0.0299. The smallest absolute Gasteiger partial charge is 0.255 e. The van der Waals surface area contributed by atoms with Crippen LogP contribution in [0.1, 0.15) is 10.4 Å². The molecule has 22 heavy (non-hydrogen) atoms. The Hall–Kier alpha value is -2.20. The second-order valence-corrected chi connectivity index (χ2v) is 5.76. The Labute approximate surface area is 135 Å². The number of halogens is 1. The summed E-state index contributed by atoms with van der Waals surface area (Å²) in [6.07, 6.45) is 0. The molecule has 4 nitrogen and oxygen atoms in total. The van der Waals surface area contributed by atoms with Gasteiger partial charge >= 0.3 is 0 Å². The summed E-state index contributed by atoms with van der Waals surface area (Å²) in [7, 11) is 0. The van der Waals surface area contributed by atoms with Crippen molar-refractivity contribution in [3.63, 3.8) is 0 Å². The highest BCUT2D eigenvalue weighted by atomic mass is 35.5. The molecule has 0 aromatic heterocycles. The lowest BCUT2D eigenvalue weighted by Gasteiger charge is -2.36. The average molecular weight is 316 g/mol. The van der Waals surface area contributed by atoms with Crippen molar-refractivity contribution in [1.82, 2.24) is 4.90 Å². The Balaban J connectivity index is 1.67. The van der Waals surface area contributed by atoms with Crippen LogP contribution in [0.5, 0.6) is 0 Å². The maximum absolute atomic E-state index is 12.6. The number of amides is 1. The highest BCUT2D eigenvalue weighted by Crippen LogP contribution is 2.22. The number of rotatable bonds is 2. The summed E-state index contributed by atoms with van der Waals surface area (Å²) < 4.78 is 0. The number of carbonyl (C=O) groups is 1. The average Bonchev–Trinajstić information content (AvgIpc) is 2.55. The van der Waals surface area contributed by atoms with Gasteiger partial charge in [-0.15, -0.1) is 0 Å². The number of nitrogen functional groups attached to an aromatic ring is 1. The van der Waals surface area contributed by atoms with Gasteiger partial charge in [0, 0.05) is 37.6 Å². The van der Waals surface area contributed by atoms with Gasteiger partial charge in [0.1, 0.15) is 0 Å². The number of anilines is 2. The van der Waals surface area contributed by atoms with E-state index in [0.29, 0.717) is 29.4 Å². The molecule has 3 rings (SSSR count). The van der Waals surface area contributed by atoms with E-state index in [9.17, 15) is 4.79 Å². The number of benzene rings is 2. The number of piperazine rings is 1. The molecule has 1 aliphatic heterocycles. The molecule has 1 fully saturated rings. The van der Waals surface area contributed by atoms with Crippen molar-refractivity contribution >= 4 is 28.9 Å². The zero-order valence-corrected chi connectivity index (χ0v) is 13.0. The maximum atomic E-state index is 12.6. The number of para-hydroxylation sites is 1. The molecule has 2 aromatic rings. The SMILES string of the molecule is Nc1ccc(C(=O)N2CCN(c3ccccc3)CC2)c(Cl)c1. The first-order valence-electron chi connectivity index (χ1n) is 7.29. The van der Waals surface area contributed by atoms with Crippen molar-refractivity contribution < 1.29 is 4.79 Å². The van der Waals surface area contributed by atoms with Crippen LogP contribution >= 0.6 is 11.6 Å². The summed E-state index contributed by atoms with van der Waals surface area (Å²) in [5, 5.41) is 0.412. The molecule has 5 heteroatoms. The summed E-state index contributed by atoms with van der Waals surface area (Å²) in [6, 6.07) is 15.3. The molecule has 0 radical (unpaired) electrons. The molecular formula is C17H18ClN3O. The fourth-order valence-corrected chi connectivity index (χ4v) is 2.95. The predicted molar refractivity (Wildman–Crippen MR) is 90.4 cm³/mol. The van der Waals surface area contributed by atoms with Crippen molar-refractivity contribution in [3.05, 3.63) is 59.1 Å². The minimum Gasteiger partial charge on any atom is -0.399 e. The third-order valence-electron chi connectivity index (χ3n) is 3.91. The third-order valence-corrected chi connectivity index (χ3v) is 4.22.